The summed E-state index contributed by atoms with van der Waals surface area (Å²) >= 11 is 0. The van der Waals surface area contributed by atoms with Crippen LogP contribution in [0.2, 0.25) is 0 Å². The summed E-state index contributed by atoms with van der Waals surface area (Å²) in [5, 5.41) is 1.36. The fourth-order valence-electron chi connectivity index (χ4n) is 5.19. The maximum Gasteiger partial charge on any atom is 0.331 e. The molecule has 0 radical (unpaired) electrons. The van der Waals surface area contributed by atoms with Crippen molar-refractivity contribution in [3.63, 3.8) is 0 Å². The van der Waals surface area contributed by atoms with Crippen molar-refractivity contribution in [3.05, 3.63) is 58.3 Å². The van der Waals surface area contributed by atoms with Gasteiger partial charge < -0.3 is 0 Å². The second-order valence-electron chi connectivity index (χ2n) is 9.68. The summed E-state index contributed by atoms with van der Waals surface area (Å²) in [5.74, 6) is 1.71. The van der Waals surface area contributed by atoms with Crippen molar-refractivity contribution in [2.45, 2.75) is 66.7 Å². The lowest BCUT2D eigenvalue weighted by Gasteiger charge is -2.18. The van der Waals surface area contributed by atoms with E-state index in [0.29, 0.717) is 11.3 Å². The summed E-state index contributed by atoms with van der Waals surface area (Å²) in [6.07, 6.45) is 3.87. The zero-order chi connectivity index (χ0) is 20.2. The van der Waals surface area contributed by atoms with Crippen molar-refractivity contribution in [1.82, 2.24) is 4.98 Å². The van der Waals surface area contributed by atoms with E-state index >= 15 is 0 Å². The van der Waals surface area contributed by atoms with Crippen molar-refractivity contribution in [3.8, 4) is 11.4 Å². The molecule has 0 amide bonds. The van der Waals surface area contributed by atoms with Crippen LogP contribution in [-0.2, 0) is 7.05 Å². The number of rotatable bonds is 2. The van der Waals surface area contributed by atoms with E-state index in [1.54, 1.807) is 0 Å². The van der Waals surface area contributed by atoms with Gasteiger partial charge in [0.1, 0.15) is 5.52 Å². The number of hydrogen-bond acceptors (Lipinski definition) is 1. The predicted octanol–water partition coefficient (Wildman–Crippen LogP) is 6.25. The van der Waals surface area contributed by atoms with Crippen LogP contribution in [0.1, 0.15) is 67.0 Å². The first-order valence-electron chi connectivity index (χ1n) is 10.6. The number of aryl methyl sites for hydroxylation is 4. The molecule has 3 aromatic rings. The molecule has 0 aliphatic heterocycles. The van der Waals surface area contributed by atoms with Gasteiger partial charge in [-0.3, -0.25) is 0 Å². The van der Waals surface area contributed by atoms with Crippen LogP contribution < -0.4 is 4.57 Å². The molecule has 4 rings (SSSR count). The van der Waals surface area contributed by atoms with E-state index in [1.165, 1.54) is 58.0 Å². The minimum absolute atomic E-state index is 0.451. The van der Waals surface area contributed by atoms with Crippen LogP contribution in [0, 0.1) is 33.1 Å². The second-order valence-corrected chi connectivity index (χ2v) is 9.68. The van der Waals surface area contributed by atoms with E-state index in [4.69, 9.17) is 4.98 Å². The van der Waals surface area contributed by atoms with E-state index in [2.05, 4.69) is 83.5 Å². The van der Waals surface area contributed by atoms with E-state index in [0.717, 1.165) is 11.5 Å². The van der Waals surface area contributed by atoms with Gasteiger partial charge in [0.05, 0.1) is 18.0 Å². The third-order valence-electron chi connectivity index (χ3n) is 6.85. The first-order chi connectivity index (χ1) is 13.2. The Bertz CT molecular complexity index is 1080. The van der Waals surface area contributed by atoms with Crippen molar-refractivity contribution in [2.24, 2.45) is 12.5 Å². The summed E-state index contributed by atoms with van der Waals surface area (Å²) in [7, 11) is 2.17. The highest BCUT2D eigenvalue weighted by Crippen LogP contribution is 2.47. The molecule has 1 fully saturated rings. The summed E-state index contributed by atoms with van der Waals surface area (Å²) < 4.78 is 2.30. The van der Waals surface area contributed by atoms with Gasteiger partial charge in [-0.15, -0.1) is 0 Å². The van der Waals surface area contributed by atoms with Gasteiger partial charge in [0.2, 0.25) is 0 Å². The number of nitrogens with zero attached hydrogens (tertiary/aromatic N) is 2. The molecule has 0 spiro atoms. The van der Waals surface area contributed by atoms with Crippen molar-refractivity contribution in [1.29, 1.82) is 0 Å². The van der Waals surface area contributed by atoms with Crippen molar-refractivity contribution >= 4 is 10.9 Å². The lowest BCUT2D eigenvalue weighted by molar-refractivity contribution is -0.636. The molecule has 0 saturated heterocycles. The number of benzene rings is 2. The molecule has 0 bridgehead atoms. The van der Waals surface area contributed by atoms with Crippen LogP contribution in [0.15, 0.2) is 30.3 Å². The van der Waals surface area contributed by atoms with E-state index in [-0.39, 0.29) is 0 Å². The minimum atomic E-state index is 0.451. The Balaban J connectivity index is 1.94. The zero-order valence-electron chi connectivity index (χ0n) is 18.5. The van der Waals surface area contributed by atoms with Gasteiger partial charge in [0.15, 0.2) is 5.69 Å². The van der Waals surface area contributed by atoms with Gasteiger partial charge in [-0.05, 0) is 90.7 Å². The van der Waals surface area contributed by atoms with Crippen LogP contribution >= 0.6 is 0 Å². The average Bonchev–Trinajstić information content (AvgIpc) is 3.00. The van der Waals surface area contributed by atoms with Crippen LogP contribution in [0.4, 0.5) is 0 Å². The monoisotopic (exact) mass is 373 g/mol. The molecule has 2 aromatic carbocycles. The Morgan fingerprint density at radius 1 is 1.07 bits per heavy atom. The van der Waals surface area contributed by atoms with E-state index in [1.807, 2.05) is 0 Å². The molecule has 1 aromatic heterocycles. The third kappa shape index (κ3) is 3.13. The van der Waals surface area contributed by atoms with Gasteiger partial charge in [-0.1, -0.05) is 32.0 Å². The molecular formula is C26H33N2+. The minimum Gasteiger partial charge on any atom is -0.226 e. The Labute approximate surface area is 169 Å². The quantitative estimate of drug-likeness (QED) is 0.485. The highest BCUT2D eigenvalue weighted by molar-refractivity contribution is 5.83. The van der Waals surface area contributed by atoms with Crippen LogP contribution in [0.25, 0.3) is 22.3 Å². The smallest absolute Gasteiger partial charge is 0.226 e. The van der Waals surface area contributed by atoms with Crippen LogP contribution in [0.5, 0.6) is 0 Å². The molecule has 1 aliphatic rings. The number of fused-ring (bicyclic) bond motifs is 1. The lowest BCUT2D eigenvalue weighted by Crippen LogP contribution is -2.34. The maximum absolute atomic E-state index is 5.15. The zero-order valence-corrected chi connectivity index (χ0v) is 18.5. The molecule has 0 N–H and O–H groups in total. The standard InChI is InChI=1S/C26H33N2/c1-16-13-17(2)18(3)22(14-16)25-27-19(4)24-21(9-8-10-23(24)28(25)7)20-11-12-26(5,6)15-20/h8-10,13-14,20H,11-12,15H2,1-7H3/q+1. The number of aromatic nitrogens is 2. The fraction of sp³-hybridized carbons (Fsp3) is 0.462. The van der Waals surface area contributed by atoms with E-state index in [9.17, 15) is 0 Å². The third-order valence-corrected chi connectivity index (χ3v) is 6.85. The molecule has 1 aliphatic carbocycles. The summed E-state index contributed by atoms with van der Waals surface area (Å²) in [5.41, 5.74) is 9.58. The largest absolute Gasteiger partial charge is 0.331 e. The van der Waals surface area contributed by atoms with E-state index < -0.39 is 0 Å². The average molecular weight is 374 g/mol. The molecule has 146 valence electrons. The Hall–Kier alpha value is -2.22. The molecule has 2 heteroatoms. The normalized spacial score (nSPS) is 18.8. The van der Waals surface area contributed by atoms with Crippen molar-refractivity contribution < 1.29 is 4.57 Å². The highest BCUT2D eigenvalue weighted by Gasteiger charge is 2.34. The molecule has 1 heterocycles. The fourth-order valence-corrected chi connectivity index (χ4v) is 5.19. The van der Waals surface area contributed by atoms with Gasteiger partial charge in [0, 0.05) is 6.92 Å². The van der Waals surface area contributed by atoms with Gasteiger partial charge in [-0.25, -0.2) is 4.57 Å². The molecule has 2 nitrogen and oxygen atoms in total. The Morgan fingerprint density at radius 3 is 2.50 bits per heavy atom. The first kappa shape index (κ1) is 19.1. The Kier molecular flexibility index (Phi) is 4.56. The van der Waals surface area contributed by atoms with Crippen LogP contribution in [0.3, 0.4) is 0 Å². The first-order valence-corrected chi connectivity index (χ1v) is 10.6. The lowest BCUT2D eigenvalue weighted by atomic mass is 9.87. The predicted molar refractivity (Wildman–Crippen MR) is 118 cm³/mol. The number of hydrogen-bond donors (Lipinski definition) is 0. The summed E-state index contributed by atoms with van der Waals surface area (Å²) in [6, 6.07) is 11.4. The highest BCUT2D eigenvalue weighted by atomic mass is 15.0. The summed E-state index contributed by atoms with van der Waals surface area (Å²) in [4.78, 5) is 5.15. The van der Waals surface area contributed by atoms with Crippen molar-refractivity contribution in [2.75, 3.05) is 0 Å². The molecule has 1 atom stereocenters. The van der Waals surface area contributed by atoms with Gasteiger partial charge in [-0.2, -0.15) is 0 Å². The van der Waals surface area contributed by atoms with Crippen LogP contribution in [-0.4, -0.2) is 4.98 Å². The molecule has 1 unspecified atom stereocenters. The Morgan fingerprint density at radius 2 is 1.82 bits per heavy atom. The topological polar surface area (TPSA) is 16.8 Å². The molecular weight excluding hydrogens is 340 g/mol. The van der Waals surface area contributed by atoms with Gasteiger partial charge in [0.25, 0.3) is 0 Å². The molecule has 28 heavy (non-hydrogen) atoms. The summed E-state index contributed by atoms with van der Waals surface area (Å²) in [6.45, 7) is 13.6. The maximum atomic E-state index is 5.15. The molecule has 1 saturated carbocycles. The van der Waals surface area contributed by atoms with Gasteiger partial charge >= 0.3 is 5.82 Å². The second kappa shape index (κ2) is 6.69. The SMILES string of the molecule is Cc1cc(C)c(C)c(-c2nc(C)c3c(C4CCC(C)(C)C4)cccc3[n+]2C)c1.